The Labute approximate surface area is 289 Å². The minimum absolute atomic E-state index is 0. The third-order valence-electron chi connectivity index (χ3n) is 0.556. The third-order valence-corrected chi connectivity index (χ3v) is 0.556. The summed E-state index contributed by atoms with van der Waals surface area (Å²) in [5.41, 5.74) is 32.1. The van der Waals surface area contributed by atoms with Gasteiger partial charge in [-0.25, -0.2) is 0 Å². The van der Waals surface area contributed by atoms with Crippen molar-refractivity contribution in [1.29, 1.82) is 0 Å². The minimum Gasteiger partial charge on any atom is -0.907 e. The van der Waals surface area contributed by atoms with Crippen molar-refractivity contribution < 1.29 is 190 Å². The standard InChI is InChI=1S/3C2H6N2O.4BO3.7Ni/c3*3-1-2(4)5;4*2-1(3)4;;;;;;;/h3*1,3H2,(H2,4,5);;;;;;;;;;;/q;;;4*-3;6*+2;+3/p-3. The first-order valence-electron chi connectivity index (χ1n) is 6.48. The Morgan fingerprint density at radius 3 is 0.447 bits per heavy atom. The van der Waals surface area contributed by atoms with Gasteiger partial charge in [-0.3, -0.25) is 29.3 Å². The smallest absolute Gasteiger partial charge is 0.907 e. The summed E-state index contributed by atoms with van der Waals surface area (Å²) in [6.45, 7) is -0.500. The maximum Gasteiger partial charge on any atom is 3.00 e. The average molecular weight is 865 g/mol. The Bertz CT molecular complexity index is 327. The van der Waals surface area contributed by atoms with Gasteiger partial charge in [0.05, 0.1) is 17.7 Å². The second-order valence-corrected chi connectivity index (χ2v) is 3.04. The topological polar surface area (TPSA) is 477 Å². The van der Waals surface area contributed by atoms with Gasteiger partial charge in [-0.15, -0.1) is 0 Å². The van der Waals surface area contributed by atoms with Crippen molar-refractivity contribution in [3.05, 3.63) is 17.2 Å². The zero-order valence-corrected chi connectivity index (χ0v) is 24.4. The molecule has 0 aromatic carbocycles. The van der Waals surface area contributed by atoms with Gasteiger partial charge in [0.1, 0.15) is 0 Å². The summed E-state index contributed by atoms with van der Waals surface area (Å²) in [6, 6.07) is 0. The van der Waals surface area contributed by atoms with Crippen molar-refractivity contribution in [1.82, 2.24) is 0 Å². The van der Waals surface area contributed by atoms with Crippen molar-refractivity contribution >= 4 is 47.0 Å². The van der Waals surface area contributed by atoms with E-state index >= 15 is 0 Å². The van der Waals surface area contributed by atoms with Crippen LogP contribution in [0.1, 0.15) is 0 Å². The maximum absolute atomic E-state index is 9.35. The van der Waals surface area contributed by atoms with Gasteiger partial charge in [-0.05, 0) is 0 Å². The molecule has 0 fully saturated rings. The fourth-order valence-corrected chi connectivity index (χ4v) is 0. The van der Waals surface area contributed by atoms with Crippen LogP contribution in [0, 0.1) is 0 Å². The summed E-state index contributed by atoms with van der Waals surface area (Å²) in [4.78, 5) is 28.1. The Morgan fingerprint density at radius 1 is 0.421 bits per heavy atom. The molecule has 9 N–H and O–H groups in total. The molecule has 0 saturated carbocycles. The maximum atomic E-state index is 9.35. The molecule has 0 heterocycles. The SMILES string of the molecule is [NH-]C(=O)CN.[NH-]C(=O)CN.[NH-]C(=O)CN.[Ni+2].[Ni+2].[Ni+2].[Ni+2].[Ni+2].[Ni+2].[Ni+3].[O-]B([O-])[O-].[O-]B([O-])[O-].[O-]B([O-])[O-].[O-]B([O-])[O-]. The zero-order chi connectivity index (χ0) is 27.2. The van der Waals surface area contributed by atoms with Gasteiger partial charge in [-0.1, -0.05) is 0 Å². The van der Waals surface area contributed by atoms with Crippen molar-refractivity contribution in [2.45, 2.75) is 0 Å². The molecule has 0 atom stereocenters. The minimum atomic E-state index is -2.92. The van der Waals surface area contributed by atoms with Crippen LogP contribution in [-0.2, 0) is 130 Å². The van der Waals surface area contributed by atoms with Crippen molar-refractivity contribution in [3.8, 4) is 0 Å². The molecule has 0 aliphatic heterocycles. The number of amides is 3. The molecular formula is C6H15B4N6Ni7O15. The predicted molar refractivity (Wildman–Crippen MR) is 78.2 cm³/mol. The molecule has 3 amide bonds. The Morgan fingerprint density at radius 2 is 0.447 bits per heavy atom. The summed E-state index contributed by atoms with van der Waals surface area (Å²) in [5.74, 6) is -2.15. The molecule has 0 aromatic heterocycles. The first-order chi connectivity index (χ1) is 13.7. The van der Waals surface area contributed by atoms with Crippen molar-refractivity contribution in [2.24, 2.45) is 17.2 Å². The van der Waals surface area contributed by atoms with E-state index in [-0.39, 0.29) is 135 Å². The van der Waals surface area contributed by atoms with E-state index in [1.165, 1.54) is 0 Å². The number of hydrogen-bond acceptors (Lipinski definition) is 18. The number of rotatable bonds is 3. The zero-order valence-electron chi connectivity index (χ0n) is 17.5. The molecule has 0 unspecified atom stereocenters. The van der Waals surface area contributed by atoms with Crippen LogP contribution in [0.4, 0.5) is 0 Å². The predicted octanol–water partition coefficient (Wildman–Crippen LogP) is -17.2. The molecule has 0 bridgehead atoms. The van der Waals surface area contributed by atoms with Crippen molar-refractivity contribution in [3.63, 3.8) is 0 Å². The number of nitrogens with two attached hydrogens (primary N) is 3. The molecule has 1 radical (unpaired) electrons. The normalized spacial score (nSPS) is 5.76. The summed E-state index contributed by atoms with van der Waals surface area (Å²) < 4.78 is 0. The van der Waals surface area contributed by atoms with E-state index in [9.17, 15) is 14.4 Å². The van der Waals surface area contributed by atoms with E-state index in [4.69, 9.17) is 77.5 Å². The molecule has 0 aromatic rings. The van der Waals surface area contributed by atoms with E-state index in [0.29, 0.717) is 0 Å². The molecule has 0 rings (SSSR count). The summed E-state index contributed by atoms with van der Waals surface area (Å²) in [6.07, 6.45) is 0. The van der Waals surface area contributed by atoms with Crippen LogP contribution < -0.4 is 77.5 Å². The first kappa shape index (κ1) is 90.0. The molecule has 0 spiro atoms. The molecule has 0 aliphatic carbocycles. The van der Waals surface area contributed by atoms with Gasteiger partial charge in [0, 0.05) is 19.6 Å². The Hall–Kier alpha value is 1.52. The van der Waals surface area contributed by atoms with Crippen LogP contribution in [0.25, 0.3) is 17.2 Å². The van der Waals surface area contributed by atoms with Crippen LogP contribution in [0.5, 0.6) is 0 Å². The van der Waals surface area contributed by atoms with E-state index in [0.717, 1.165) is 0 Å². The third kappa shape index (κ3) is 884. The fraction of sp³-hybridized carbons (Fsp3) is 0.500. The first-order valence-corrected chi connectivity index (χ1v) is 6.48. The van der Waals surface area contributed by atoms with E-state index in [1.54, 1.807) is 0 Å². The van der Waals surface area contributed by atoms with Gasteiger partial charge < -0.3 is 109 Å². The monoisotopic (exact) mass is 861 g/mol. The van der Waals surface area contributed by atoms with Crippen LogP contribution in [0.2, 0.25) is 0 Å². The molecule has 0 saturated heterocycles. The summed E-state index contributed by atoms with van der Waals surface area (Å²) >= 11 is 0. The number of carbonyl (C=O) groups excluding carboxylic acids is 3. The summed E-state index contributed by atoms with van der Waals surface area (Å²) in [7, 11) is -11.7. The van der Waals surface area contributed by atoms with Crippen LogP contribution >= 0.6 is 0 Å². The van der Waals surface area contributed by atoms with Gasteiger partial charge in [-0.2, -0.15) is 0 Å². The van der Waals surface area contributed by atoms with Crippen LogP contribution in [0.15, 0.2) is 0 Å². The van der Waals surface area contributed by atoms with Gasteiger partial charge in [0.15, 0.2) is 0 Å². The largest absolute Gasteiger partial charge is 3.00 e. The van der Waals surface area contributed by atoms with Gasteiger partial charge in [0.2, 0.25) is 0 Å². The summed E-state index contributed by atoms with van der Waals surface area (Å²) in [5, 5.41) is 101. The molecule has 32 heteroatoms. The second-order valence-electron chi connectivity index (χ2n) is 3.04. The molecule has 38 heavy (non-hydrogen) atoms. The average Bonchev–Trinajstić information content (AvgIpc) is 2.53. The number of nitrogens with one attached hydrogen (secondary N) is 3. The number of carbonyl (C=O) groups is 3. The van der Waals surface area contributed by atoms with E-state index in [1.807, 2.05) is 0 Å². The van der Waals surface area contributed by atoms with E-state index < -0.39 is 47.0 Å². The Kier molecular flexibility index (Phi) is 197. The molecular weight excluding hydrogens is 850 g/mol. The fourth-order valence-electron chi connectivity index (χ4n) is 0. The Balaban J connectivity index is -0.0000000143. The van der Waals surface area contributed by atoms with Crippen molar-refractivity contribution in [2.75, 3.05) is 19.6 Å². The van der Waals surface area contributed by atoms with E-state index in [2.05, 4.69) is 17.2 Å². The molecule has 241 valence electrons. The van der Waals surface area contributed by atoms with Gasteiger partial charge in [0.25, 0.3) is 0 Å². The molecule has 21 nitrogen and oxygen atoms in total. The van der Waals surface area contributed by atoms with Crippen LogP contribution in [-0.4, -0.2) is 66.6 Å². The quantitative estimate of drug-likeness (QED) is 0.222. The van der Waals surface area contributed by atoms with Gasteiger partial charge >= 0.3 is 115 Å². The number of hydrogen-bond donors (Lipinski definition) is 3. The molecule has 0 aliphatic rings. The van der Waals surface area contributed by atoms with Crippen LogP contribution in [0.3, 0.4) is 0 Å². The second kappa shape index (κ2) is 83.3.